The van der Waals surface area contributed by atoms with E-state index in [2.05, 4.69) is 17.0 Å². The van der Waals surface area contributed by atoms with Crippen molar-refractivity contribution in [1.82, 2.24) is 19.7 Å². The Morgan fingerprint density at radius 2 is 1.65 bits per heavy atom. The molecule has 118 valence electrons. The van der Waals surface area contributed by atoms with Gasteiger partial charge in [0.2, 0.25) is 0 Å². The number of hydrogen-bond acceptors (Lipinski definition) is 4. The summed E-state index contributed by atoms with van der Waals surface area (Å²) in [7, 11) is 0. The molecule has 1 aliphatic heterocycles. The molecule has 0 radical (unpaired) electrons. The number of rotatable bonds is 2. The molecule has 0 bridgehead atoms. The lowest BCUT2D eigenvalue weighted by molar-refractivity contribution is 0.574. The van der Waals surface area contributed by atoms with E-state index in [0.29, 0.717) is 0 Å². The van der Waals surface area contributed by atoms with Crippen LogP contribution >= 0.6 is 0 Å². The SMILES string of the molecule is Cc1nc(N2CCCCC2)c2c(C)nn(-c3ccccc3)c2n1. The molecule has 0 unspecified atom stereocenters. The van der Waals surface area contributed by atoms with Crippen LogP contribution in [0.5, 0.6) is 0 Å². The number of piperidine rings is 1. The van der Waals surface area contributed by atoms with E-state index >= 15 is 0 Å². The summed E-state index contributed by atoms with van der Waals surface area (Å²) in [5, 5.41) is 5.83. The molecule has 23 heavy (non-hydrogen) atoms. The van der Waals surface area contributed by atoms with Crippen molar-refractivity contribution in [2.24, 2.45) is 0 Å². The lowest BCUT2D eigenvalue weighted by atomic mass is 10.1. The van der Waals surface area contributed by atoms with Gasteiger partial charge < -0.3 is 4.90 Å². The molecule has 3 aromatic rings. The number of anilines is 1. The van der Waals surface area contributed by atoms with Gasteiger partial charge in [0.25, 0.3) is 0 Å². The monoisotopic (exact) mass is 307 g/mol. The van der Waals surface area contributed by atoms with Gasteiger partial charge in [-0.3, -0.25) is 0 Å². The van der Waals surface area contributed by atoms with E-state index in [1.165, 1.54) is 19.3 Å². The van der Waals surface area contributed by atoms with E-state index in [1.54, 1.807) is 0 Å². The molecular formula is C18H21N5. The maximum Gasteiger partial charge on any atom is 0.168 e. The van der Waals surface area contributed by atoms with Crippen LogP contribution in [0.15, 0.2) is 30.3 Å². The van der Waals surface area contributed by atoms with Gasteiger partial charge in [0, 0.05) is 13.1 Å². The molecule has 0 aliphatic carbocycles. The summed E-state index contributed by atoms with van der Waals surface area (Å²) in [6, 6.07) is 10.2. The van der Waals surface area contributed by atoms with E-state index in [0.717, 1.165) is 47.1 Å². The first-order valence-corrected chi connectivity index (χ1v) is 8.28. The Bertz CT molecular complexity index is 831. The summed E-state index contributed by atoms with van der Waals surface area (Å²) in [5.41, 5.74) is 2.93. The van der Waals surface area contributed by atoms with Gasteiger partial charge in [0.15, 0.2) is 5.65 Å². The van der Waals surface area contributed by atoms with Crippen molar-refractivity contribution >= 4 is 16.9 Å². The largest absolute Gasteiger partial charge is 0.356 e. The molecule has 3 heterocycles. The number of fused-ring (bicyclic) bond motifs is 1. The average molecular weight is 307 g/mol. The number of benzene rings is 1. The van der Waals surface area contributed by atoms with Gasteiger partial charge in [-0.15, -0.1) is 0 Å². The van der Waals surface area contributed by atoms with Crippen LogP contribution in [0.3, 0.4) is 0 Å². The zero-order valence-corrected chi connectivity index (χ0v) is 13.7. The average Bonchev–Trinajstić information content (AvgIpc) is 2.92. The van der Waals surface area contributed by atoms with Gasteiger partial charge in [-0.05, 0) is 45.2 Å². The van der Waals surface area contributed by atoms with Crippen LogP contribution in [0.25, 0.3) is 16.7 Å². The van der Waals surface area contributed by atoms with Crippen molar-refractivity contribution < 1.29 is 0 Å². The van der Waals surface area contributed by atoms with Crippen molar-refractivity contribution in [3.8, 4) is 5.69 Å². The zero-order valence-electron chi connectivity index (χ0n) is 13.7. The van der Waals surface area contributed by atoms with Crippen LogP contribution in [-0.2, 0) is 0 Å². The standard InChI is InChI=1S/C18H21N5/c1-13-16-17(22-11-7-4-8-12-22)19-14(2)20-18(16)23(21-13)15-9-5-3-6-10-15/h3,5-6,9-10H,4,7-8,11-12H2,1-2H3. The number of nitrogens with zero attached hydrogens (tertiary/aromatic N) is 5. The second-order valence-corrected chi connectivity index (χ2v) is 6.17. The summed E-state index contributed by atoms with van der Waals surface area (Å²) < 4.78 is 1.94. The Hall–Kier alpha value is -2.43. The van der Waals surface area contributed by atoms with Crippen LogP contribution in [0.1, 0.15) is 30.8 Å². The predicted octanol–water partition coefficient (Wildman–Crippen LogP) is 3.42. The Kier molecular flexibility index (Phi) is 3.48. The molecule has 0 saturated carbocycles. The zero-order chi connectivity index (χ0) is 15.8. The summed E-state index contributed by atoms with van der Waals surface area (Å²) in [4.78, 5) is 11.8. The highest BCUT2D eigenvalue weighted by Gasteiger charge is 2.21. The summed E-state index contributed by atoms with van der Waals surface area (Å²) in [5.74, 6) is 1.85. The van der Waals surface area contributed by atoms with Gasteiger partial charge in [-0.2, -0.15) is 5.10 Å². The van der Waals surface area contributed by atoms with E-state index in [9.17, 15) is 0 Å². The van der Waals surface area contributed by atoms with Crippen LogP contribution in [-0.4, -0.2) is 32.8 Å². The third kappa shape index (κ3) is 2.46. The maximum atomic E-state index is 4.75. The first-order chi connectivity index (χ1) is 11.2. The number of aromatic nitrogens is 4. The van der Waals surface area contributed by atoms with E-state index < -0.39 is 0 Å². The first kappa shape index (κ1) is 14.2. The second-order valence-electron chi connectivity index (χ2n) is 6.17. The highest BCUT2D eigenvalue weighted by Crippen LogP contribution is 2.30. The Morgan fingerprint density at radius 1 is 0.913 bits per heavy atom. The number of para-hydroxylation sites is 1. The fourth-order valence-corrected chi connectivity index (χ4v) is 3.35. The van der Waals surface area contributed by atoms with Crippen molar-refractivity contribution in [2.75, 3.05) is 18.0 Å². The highest BCUT2D eigenvalue weighted by molar-refractivity contribution is 5.90. The van der Waals surface area contributed by atoms with Crippen LogP contribution in [0, 0.1) is 13.8 Å². The Morgan fingerprint density at radius 3 is 2.39 bits per heavy atom. The minimum Gasteiger partial charge on any atom is -0.356 e. The molecule has 5 heteroatoms. The minimum atomic E-state index is 0.801. The second kappa shape index (κ2) is 5.65. The fraction of sp³-hybridized carbons (Fsp3) is 0.389. The summed E-state index contributed by atoms with van der Waals surface area (Å²) in [6.07, 6.45) is 3.78. The lowest BCUT2D eigenvalue weighted by Gasteiger charge is -2.28. The molecule has 1 saturated heterocycles. The third-order valence-corrected chi connectivity index (χ3v) is 4.45. The molecular weight excluding hydrogens is 286 g/mol. The smallest absolute Gasteiger partial charge is 0.168 e. The molecule has 2 aromatic heterocycles. The van der Waals surface area contributed by atoms with Crippen molar-refractivity contribution in [2.45, 2.75) is 33.1 Å². The fourth-order valence-electron chi connectivity index (χ4n) is 3.35. The van der Waals surface area contributed by atoms with Gasteiger partial charge >= 0.3 is 0 Å². The van der Waals surface area contributed by atoms with Crippen molar-refractivity contribution in [3.05, 3.63) is 41.9 Å². The molecule has 5 nitrogen and oxygen atoms in total. The summed E-state index contributed by atoms with van der Waals surface area (Å²) in [6.45, 7) is 6.15. The normalized spacial score (nSPS) is 15.3. The molecule has 0 atom stereocenters. The first-order valence-electron chi connectivity index (χ1n) is 8.28. The van der Waals surface area contributed by atoms with Gasteiger partial charge in [-0.1, -0.05) is 18.2 Å². The Labute approximate surface area is 136 Å². The number of aryl methyl sites for hydroxylation is 2. The molecule has 4 rings (SSSR count). The van der Waals surface area contributed by atoms with Crippen molar-refractivity contribution in [1.29, 1.82) is 0 Å². The third-order valence-electron chi connectivity index (χ3n) is 4.45. The lowest BCUT2D eigenvalue weighted by Crippen LogP contribution is -2.30. The van der Waals surface area contributed by atoms with Crippen LogP contribution in [0.2, 0.25) is 0 Å². The molecule has 1 fully saturated rings. The topological polar surface area (TPSA) is 46.8 Å². The molecule has 1 aliphatic rings. The minimum absolute atomic E-state index is 0.801. The van der Waals surface area contributed by atoms with E-state index in [-0.39, 0.29) is 0 Å². The quantitative estimate of drug-likeness (QED) is 0.728. The summed E-state index contributed by atoms with van der Waals surface area (Å²) >= 11 is 0. The number of hydrogen-bond donors (Lipinski definition) is 0. The van der Waals surface area contributed by atoms with Crippen LogP contribution in [0.4, 0.5) is 5.82 Å². The molecule has 0 amide bonds. The van der Waals surface area contributed by atoms with Crippen molar-refractivity contribution in [3.63, 3.8) is 0 Å². The van der Waals surface area contributed by atoms with Gasteiger partial charge in [0.05, 0.1) is 16.8 Å². The Balaban J connectivity index is 1.94. The van der Waals surface area contributed by atoms with Crippen LogP contribution < -0.4 is 4.90 Å². The predicted molar refractivity (Wildman–Crippen MR) is 92.2 cm³/mol. The maximum absolute atomic E-state index is 4.75. The van der Waals surface area contributed by atoms with E-state index in [1.807, 2.05) is 36.7 Å². The highest BCUT2D eigenvalue weighted by atomic mass is 15.3. The van der Waals surface area contributed by atoms with Gasteiger partial charge in [-0.25, -0.2) is 14.6 Å². The van der Waals surface area contributed by atoms with E-state index in [4.69, 9.17) is 15.1 Å². The molecule has 1 aromatic carbocycles. The molecule has 0 spiro atoms. The van der Waals surface area contributed by atoms with Gasteiger partial charge in [0.1, 0.15) is 11.6 Å². The molecule has 0 N–H and O–H groups in total.